The molecule has 0 N–H and O–H groups in total. The SMILES string of the molecule is Cc1ccc(OCC2CCN(S(=O)(=O)Cc3ccccc3Cl)C2)nn1. The highest BCUT2D eigenvalue weighted by Crippen LogP contribution is 2.25. The van der Waals surface area contributed by atoms with Crippen LogP contribution in [0.5, 0.6) is 5.88 Å². The molecule has 1 saturated heterocycles. The summed E-state index contributed by atoms with van der Waals surface area (Å²) in [5.74, 6) is 0.524. The summed E-state index contributed by atoms with van der Waals surface area (Å²) in [7, 11) is -3.39. The molecule has 1 atom stereocenters. The summed E-state index contributed by atoms with van der Waals surface area (Å²) < 4.78 is 32.4. The molecule has 0 spiro atoms. The summed E-state index contributed by atoms with van der Waals surface area (Å²) in [5, 5.41) is 8.37. The lowest BCUT2D eigenvalue weighted by molar-refractivity contribution is 0.244. The van der Waals surface area contributed by atoms with Crippen LogP contribution in [0.2, 0.25) is 5.02 Å². The van der Waals surface area contributed by atoms with Crippen LogP contribution in [0.3, 0.4) is 0 Å². The van der Waals surface area contributed by atoms with Gasteiger partial charge in [-0.05, 0) is 31.0 Å². The van der Waals surface area contributed by atoms with Crippen LogP contribution < -0.4 is 4.74 Å². The number of halogens is 1. The molecule has 3 rings (SSSR count). The van der Waals surface area contributed by atoms with Gasteiger partial charge < -0.3 is 4.74 Å². The van der Waals surface area contributed by atoms with Gasteiger partial charge in [0.05, 0.1) is 18.1 Å². The molecule has 6 nitrogen and oxygen atoms in total. The van der Waals surface area contributed by atoms with Crippen LogP contribution in [-0.4, -0.2) is 42.6 Å². The molecule has 8 heteroatoms. The number of benzene rings is 1. The molecule has 0 radical (unpaired) electrons. The van der Waals surface area contributed by atoms with Gasteiger partial charge in [-0.1, -0.05) is 29.8 Å². The maximum atomic E-state index is 12.6. The molecule has 134 valence electrons. The normalized spacial score (nSPS) is 18.4. The van der Waals surface area contributed by atoms with E-state index in [1.165, 1.54) is 4.31 Å². The molecule has 2 heterocycles. The van der Waals surface area contributed by atoms with Gasteiger partial charge in [0.2, 0.25) is 15.9 Å². The Morgan fingerprint density at radius 1 is 1.24 bits per heavy atom. The Kier molecular flexibility index (Phi) is 5.56. The number of nitrogens with zero attached hydrogens (tertiary/aromatic N) is 3. The fourth-order valence-electron chi connectivity index (χ4n) is 2.76. The predicted octanol–water partition coefficient (Wildman–Crippen LogP) is 2.67. The molecular weight excluding hydrogens is 362 g/mol. The van der Waals surface area contributed by atoms with Crippen LogP contribution >= 0.6 is 11.6 Å². The van der Waals surface area contributed by atoms with Crippen molar-refractivity contribution in [2.75, 3.05) is 19.7 Å². The van der Waals surface area contributed by atoms with Crippen LogP contribution in [0.15, 0.2) is 36.4 Å². The summed E-state index contributed by atoms with van der Waals surface area (Å²) in [5.41, 5.74) is 1.45. The third kappa shape index (κ3) is 4.68. The average Bonchev–Trinajstić information content (AvgIpc) is 3.06. The highest BCUT2D eigenvalue weighted by Gasteiger charge is 2.32. The monoisotopic (exact) mass is 381 g/mol. The second-order valence-corrected chi connectivity index (χ2v) is 8.56. The molecular formula is C17H20ClN3O3S. The molecule has 1 aromatic carbocycles. The number of aryl methyl sites for hydroxylation is 1. The first-order chi connectivity index (χ1) is 11.9. The Morgan fingerprint density at radius 2 is 2.04 bits per heavy atom. The van der Waals surface area contributed by atoms with Crippen molar-refractivity contribution in [3.05, 3.63) is 52.7 Å². The Morgan fingerprint density at radius 3 is 2.76 bits per heavy atom. The van der Waals surface area contributed by atoms with E-state index < -0.39 is 10.0 Å². The minimum absolute atomic E-state index is 0.0797. The van der Waals surface area contributed by atoms with E-state index in [2.05, 4.69) is 10.2 Å². The zero-order valence-electron chi connectivity index (χ0n) is 13.9. The summed E-state index contributed by atoms with van der Waals surface area (Å²) in [6.45, 7) is 3.23. The maximum absolute atomic E-state index is 12.6. The van der Waals surface area contributed by atoms with Crippen LogP contribution in [0, 0.1) is 12.8 Å². The van der Waals surface area contributed by atoms with E-state index >= 15 is 0 Å². The quantitative estimate of drug-likeness (QED) is 0.769. The van der Waals surface area contributed by atoms with Crippen LogP contribution in [0.25, 0.3) is 0 Å². The first kappa shape index (κ1) is 18.1. The van der Waals surface area contributed by atoms with Gasteiger partial charge in [0.1, 0.15) is 0 Å². The molecule has 1 aromatic heterocycles. The second-order valence-electron chi connectivity index (χ2n) is 6.18. The van der Waals surface area contributed by atoms with E-state index in [0.717, 1.165) is 12.1 Å². The van der Waals surface area contributed by atoms with Gasteiger partial charge in [-0.2, -0.15) is 5.10 Å². The molecule has 25 heavy (non-hydrogen) atoms. The third-order valence-electron chi connectivity index (χ3n) is 4.18. The Balaban J connectivity index is 1.56. The van der Waals surface area contributed by atoms with E-state index in [1.54, 1.807) is 30.3 Å². The number of hydrogen-bond donors (Lipinski definition) is 0. The van der Waals surface area contributed by atoms with Crippen molar-refractivity contribution in [2.24, 2.45) is 5.92 Å². The van der Waals surface area contributed by atoms with E-state index in [0.29, 0.717) is 36.2 Å². The first-order valence-electron chi connectivity index (χ1n) is 8.08. The topological polar surface area (TPSA) is 72.4 Å². The van der Waals surface area contributed by atoms with Crippen molar-refractivity contribution in [1.82, 2.24) is 14.5 Å². The molecule has 0 bridgehead atoms. The van der Waals surface area contributed by atoms with Gasteiger partial charge in [0, 0.05) is 30.1 Å². The van der Waals surface area contributed by atoms with Crippen molar-refractivity contribution in [2.45, 2.75) is 19.1 Å². The Hall–Kier alpha value is -1.70. The maximum Gasteiger partial charge on any atom is 0.233 e. The van der Waals surface area contributed by atoms with Crippen molar-refractivity contribution in [1.29, 1.82) is 0 Å². The molecule has 0 amide bonds. The highest BCUT2D eigenvalue weighted by atomic mass is 35.5. The van der Waals surface area contributed by atoms with Gasteiger partial charge in [0.15, 0.2) is 0 Å². The number of hydrogen-bond acceptors (Lipinski definition) is 5. The number of sulfonamides is 1. The lowest BCUT2D eigenvalue weighted by Crippen LogP contribution is -2.30. The fraction of sp³-hybridized carbons (Fsp3) is 0.412. The van der Waals surface area contributed by atoms with Crippen LogP contribution in [0.4, 0.5) is 0 Å². The minimum atomic E-state index is -3.39. The zero-order chi connectivity index (χ0) is 17.9. The van der Waals surface area contributed by atoms with Gasteiger partial charge in [-0.3, -0.25) is 0 Å². The molecule has 1 fully saturated rings. The van der Waals surface area contributed by atoms with Gasteiger partial charge in [0.25, 0.3) is 0 Å². The largest absolute Gasteiger partial charge is 0.476 e. The van der Waals surface area contributed by atoms with Crippen LogP contribution in [-0.2, 0) is 15.8 Å². The lowest BCUT2D eigenvalue weighted by Gasteiger charge is -2.17. The molecule has 1 aliphatic rings. The standard InChI is InChI=1S/C17H20ClN3O3S/c1-13-6-7-17(20-19-13)24-11-14-8-9-21(10-14)25(22,23)12-15-4-2-3-5-16(15)18/h2-7,14H,8-12H2,1H3. The van der Waals surface area contributed by atoms with Crippen molar-refractivity contribution >= 4 is 21.6 Å². The summed E-state index contributed by atoms with van der Waals surface area (Å²) in [6, 6.07) is 10.6. The summed E-state index contributed by atoms with van der Waals surface area (Å²) in [4.78, 5) is 0. The minimum Gasteiger partial charge on any atom is -0.476 e. The van der Waals surface area contributed by atoms with E-state index in [4.69, 9.17) is 16.3 Å². The molecule has 1 aliphatic heterocycles. The predicted molar refractivity (Wildman–Crippen MR) is 96.0 cm³/mol. The van der Waals surface area contributed by atoms with Crippen LogP contribution in [0.1, 0.15) is 17.7 Å². The lowest BCUT2D eigenvalue weighted by atomic mass is 10.1. The summed E-state index contributed by atoms with van der Waals surface area (Å²) in [6.07, 6.45) is 0.765. The average molecular weight is 382 g/mol. The highest BCUT2D eigenvalue weighted by molar-refractivity contribution is 7.88. The second kappa shape index (κ2) is 7.68. The van der Waals surface area contributed by atoms with Crippen molar-refractivity contribution < 1.29 is 13.2 Å². The van der Waals surface area contributed by atoms with Crippen molar-refractivity contribution in [3.63, 3.8) is 0 Å². The molecule has 0 aliphatic carbocycles. The smallest absolute Gasteiger partial charge is 0.233 e. The zero-order valence-corrected chi connectivity index (χ0v) is 15.5. The van der Waals surface area contributed by atoms with E-state index in [9.17, 15) is 8.42 Å². The number of aromatic nitrogens is 2. The molecule has 2 aromatic rings. The molecule has 0 saturated carbocycles. The Labute approximate surface area is 152 Å². The van der Waals surface area contributed by atoms with E-state index in [1.807, 2.05) is 13.0 Å². The van der Waals surface area contributed by atoms with E-state index in [-0.39, 0.29) is 11.7 Å². The first-order valence-corrected chi connectivity index (χ1v) is 10.1. The van der Waals surface area contributed by atoms with Gasteiger partial charge >= 0.3 is 0 Å². The van der Waals surface area contributed by atoms with Gasteiger partial charge in [-0.25, -0.2) is 12.7 Å². The summed E-state index contributed by atoms with van der Waals surface area (Å²) >= 11 is 6.08. The number of rotatable bonds is 6. The fourth-order valence-corrected chi connectivity index (χ4v) is 4.69. The third-order valence-corrected chi connectivity index (χ3v) is 6.34. The number of ether oxygens (including phenoxy) is 1. The van der Waals surface area contributed by atoms with Gasteiger partial charge in [-0.15, -0.1) is 5.10 Å². The Bertz CT molecular complexity index is 827. The molecule has 1 unspecified atom stereocenters. The van der Waals surface area contributed by atoms with Crippen molar-refractivity contribution in [3.8, 4) is 5.88 Å².